The average molecular weight is 372 g/mol. The van der Waals surface area contributed by atoms with Crippen LogP contribution < -0.4 is 4.74 Å². The van der Waals surface area contributed by atoms with Gasteiger partial charge < -0.3 is 9.64 Å². The highest BCUT2D eigenvalue weighted by atomic mass is 16.5. The molecule has 0 aliphatic carbocycles. The van der Waals surface area contributed by atoms with Gasteiger partial charge >= 0.3 is 0 Å². The summed E-state index contributed by atoms with van der Waals surface area (Å²) in [4.78, 5) is 19.7. The second-order valence-electron chi connectivity index (χ2n) is 7.21. The first-order valence-electron chi connectivity index (χ1n) is 9.62. The highest BCUT2D eigenvalue weighted by Gasteiger charge is 2.29. The zero-order chi connectivity index (χ0) is 19.5. The third-order valence-electron chi connectivity index (χ3n) is 5.45. The van der Waals surface area contributed by atoms with Gasteiger partial charge in [-0.3, -0.25) is 9.78 Å². The predicted molar refractivity (Wildman–Crippen MR) is 111 cm³/mol. The van der Waals surface area contributed by atoms with Crippen LogP contribution in [0.15, 0.2) is 66.7 Å². The molecule has 2 aromatic carbocycles. The van der Waals surface area contributed by atoms with E-state index >= 15 is 0 Å². The summed E-state index contributed by atoms with van der Waals surface area (Å²) >= 11 is 0. The molecule has 0 N–H and O–H groups in total. The van der Waals surface area contributed by atoms with Crippen molar-refractivity contribution in [3.63, 3.8) is 0 Å². The fourth-order valence-corrected chi connectivity index (χ4v) is 3.82. The summed E-state index contributed by atoms with van der Waals surface area (Å²) in [5.74, 6) is 1.29. The Hall–Kier alpha value is -3.14. The molecule has 1 aromatic heterocycles. The molecule has 0 radical (unpaired) electrons. The average Bonchev–Trinajstić information content (AvgIpc) is 3.24. The Morgan fingerprint density at radius 3 is 2.46 bits per heavy atom. The number of carbonyl (C=O) groups is 1. The van der Waals surface area contributed by atoms with E-state index in [0.29, 0.717) is 11.5 Å². The molecule has 0 spiro atoms. The number of carbonyl (C=O) groups excluding carboxylic acids is 1. The van der Waals surface area contributed by atoms with Gasteiger partial charge in [0.1, 0.15) is 5.75 Å². The smallest absolute Gasteiger partial charge is 0.255 e. The molecular formula is C24H24N2O2. The van der Waals surface area contributed by atoms with E-state index in [1.54, 1.807) is 7.11 Å². The lowest BCUT2D eigenvalue weighted by Crippen LogP contribution is -2.29. The standard InChI is InChI=1S/C24H24N2O2/c1-17-22(12-13-23(25-17)19-6-4-3-5-7-19)24(27)26-15-14-20(16-26)18-8-10-21(28-2)11-9-18/h3-13,20H,14-16H2,1-2H3. The summed E-state index contributed by atoms with van der Waals surface area (Å²) in [6.45, 7) is 3.43. The van der Waals surface area contributed by atoms with Crippen molar-refractivity contribution in [1.29, 1.82) is 0 Å². The summed E-state index contributed by atoms with van der Waals surface area (Å²) in [7, 11) is 1.67. The number of aromatic nitrogens is 1. The van der Waals surface area contributed by atoms with Gasteiger partial charge in [0.15, 0.2) is 0 Å². The molecule has 1 fully saturated rings. The molecular weight excluding hydrogens is 348 g/mol. The van der Waals surface area contributed by atoms with E-state index in [2.05, 4.69) is 17.1 Å². The molecule has 4 rings (SSSR count). The molecule has 1 amide bonds. The van der Waals surface area contributed by atoms with E-state index in [-0.39, 0.29) is 5.91 Å². The summed E-state index contributed by atoms with van der Waals surface area (Å²) in [6, 6.07) is 22.0. The van der Waals surface area contributed by atoms with Gasteiger partial charge in [-0.25, -0.2) is 0 Å². The van der Waals surface area contributed by atoms with Crippen LogP contribution in [-0.4, -0.2) is 36.0 Å². The van der Waals surface area contributed by atoms with Crippen LogP contribution in [0, 0.1) is 6.92 Å². The topological polar surface area (TPSA) is 42.4 Å². The number of amides is 1. The fourth-order valence-electron chi connectivity index (χ4n) is 3.82. The van der Waals surface area contributed by atoms with E-state index in [0.717, 1.165) is 42.2 Å². The van der Waals surface area contributed by atoms with Crippen molar-refractivity contribution in [2.75, 3.05) is 20.2 Å². The number of hydrogen-bond donors (Lipinski definition) is 0. The van der Waals surface area contributed by atoms with Crippen molar-refractivity contribution >= 4 is 5.91 Å². The van der Waals surface area contributed by atoms with Crippen molar-refractivity contribution in [3.8, 4) is 17.0 Å². The van der Waals surface area contributed by atoms with Crippen molar-refractivity contribution in [1.82, 2.24) is 9.88 Å². The lowest BCUT2D eigenvalue weighted by atomic mass is 9.98. The normalized spacial score (nSPS) is 16.2. The highest BCUT2D eigenvalue weighted by molar-refractivity contribution is 5.95. The van der Waals surface area contributed by atoms with E-state index in [4.69, 9.17) is 4.74 Å². The maximum atomic E-state index is 13.1. The van der Waals surface area contributed by atoms with Crippen LogP contribution in [0.5, 0.6) is 5.75 Å². The molecule has 0 bridgehead atoms. The molecule has 1 aliphatic rings. The van der Waals surface area contributed by atoms with Crippen molar-refractivity contribution in [3.05, 3.63) is 83.6 Å². The maximum Gasteiger partial charge on any atom is 0.255 e. The number of aryl methyl sites for hydroxylation is 1. The molecule has 28 heavy (non-hydrogen) atoms. The molecule has 1 saturated heterocycles. The number of nitrogens with zero attached hydrogens (tertiary/aromatic N) is 2. The van der Waals surface area contributed by atoms with Gasteiger partial charge in [0.2, 0.25) is 0 Å². The molecule has 4 heteroatoms. The first kappa shape index (κ1) is 18.2. The Kier molecular flexibility index (Phi) is 5.11. The van der Waals surface area contributed by atoms with Crippen LogP contribution in [0.3, 0.4) is 0 Å². The Balaban J connectivity index is 1.49. The van der Waals surface area contributed by atoms with E-state index in [1.807, 2.05) is 66.4 Å². The quantitative estimate of drug-likeness (QED) is 0.667. The van der Waals surface area contributed by atoms with Crippen LogP contribution >= 0.6 is 0 Å². The number of methoxy groups -OCH3 is 1. The zero-order valence-corrected chi connectivity index (χ0v) is 16.3. The first-order valence-corrected chi connectivity index (χ1v) is 9.62. The number of benzene rings is 2. The van der Waals surface area contributed by atoms with Gasteiger partial charge in [-0.2, -0.15) is 0 Å². The number of pyridine rings is 1. The molecule has 4 nitrogen and oxygen atoms in total. The van der Waals surface area contributed by atoms with Crippen LogP contribution in [-0.2, 0) is 0 Å². The summed E-state index contributed by atoms with van der Waals surface area (Å²) in [5.41, 5.74) is 4.68. The largest absolute Gasteiger partial charge is 0.497 e. The van der Waals surface area contributed by atoms with Crippen LogP contribution in [0.1, 0.15) is 34.0 Å². The van der Waals surface area contributed by atoms with Crippen molar-refractivity contribution in [2.24, 2.45) is 0 Å². The minimum atomic E-state index is 0.0700. The monoisotopic (exact) mass is 372 g/mol. The summed E-state index contributed by atoms with van der Waals surface area (Å²) < 4.78 is 5.23. The molecule has 1 atom stereocenters. The second kappa shape index (κ2) is 7.85. The summed E-state index contributed by atoms with van der Waals surface area (Å²) in [6.07, 6.45) is 0.979. The molecule has 2 heterocycles. The molecule has 1 unspecified atom stereocenters. The Morgan fingerprint density at radius 2 is 1.79 bits per heavy atom. The van der Waals surface area contributed by atoms with Crippen molar-refractivity contribution < 1.29 is 9.53 Å². The third kappa shape index (κ3) is 3.63. The molecule has 3 aromatic rings. The van der Waals surface area contributed by atoms with Crippen LogP contribution in [0.25, 0.3) is 11.3 Å². The zero-order valence-electron chi connectivity index (χ0n) is 16.3. The van der Waals surface area contributed by atoms with Gasteiger partial charge in [-0.15, -0.1) is 0 Å². The molecule has 142 valence electrons. The van der Waals surface area contributed by atoms with E-state index in [1.165, 1.54) is 5.56 Å². The van der Waals surface area contributed by atoms with Crippen LogP contribution in [0.4, 0.5) is 0 Å². The third-order valence-corrected chi connectivity index (χ3v) is 5.45. The Labute approximate surface area is 165 Å². The second-order valence-corrected chi connectivity index (χ2v) is 7.21. The minimum Gasteiger partial charge on any atom is -0.497 e. The van der Waals surface area contributed by atoms with Gasteiger partial charge in [-0.05, 0) is 43.2 Å². The number of hydrogen-bond acceptors (Lipinski definition) is 3. The highest BCUT2D eigenvalue weighted by Crippen LogP contribution is 2.30. The molecule has 0 saturated carbocycles. The van der Waals surface area contributed by atoms with Gasteiger partial charge in [-0.1, -0.05) is 42.5 Å². The predicted octanol–water partition coefficient (Wildman–Crippen LogP) is 4.70. The number of ether oxygens (including phenoxy) is 1. The van der Waals surface area contributed by atoms with Crippen molar-refractivity contribution in [2.45, 2.75) is 19.3 Å². The van der Waals surface area contributed by atoms with Gasteiger partial charge in [0.25, 0.3) is 5.91 Å². The van der Waals surface area contributed by atoms with E-state index < -0.39 is 0 Å². The minimum absolute atomic E-state index is 0.0700. The lowest BCUT2D eigenvalue weighted by molar-refractivity contribution is 0.0789. The Bertz CT molecular complexity index is 968. The number of likely N-dealkylation sites (tertiary alicyclic amines) is 1. The van der Waals surface area contributed by atoms with E-state index in [9.17, 15) is 4.79 Å². The van der Waals surface area contributed by atoms with Crippen LogP contribution in [0.2, 0.25) is 0 Å². The SMILES string of the molecule is COc1ccc(C2CCN(C(=O)c3ccc(-c4ccccc4)nc3C)C2)cc1. The van der Waals surface area contributed by atoms with Gasteiger partial charge in [0.05, 0.1) is 24.1 Å². The Morgan fingerprint density at radius 1 is 1.04 bits per heavy atom. The fraction of sp³-hybridized carbons (Fsp3) is 0.250. The lowest BCUT2D eigenvalue weighted by Gasteiger charge is -2.18. The first-order chi connectivity index (χ1) is 13.7. The number of rotatable bonds is 4. The summed E-state index contributed by atoms with van der Waals surface area (Å²) in [5, 5.41) is 0. The van der Waals surface area contributed by atoms with Gasteiger partial charge in [0, 0.05) is 24.6 Å². The molecule has 1 aliphatic heterocycles. The maximum absolute atomic E-state index is 13.1.